The Morgan fingerprint density at radius 1 is 0.867 bits per heavy atom. The van der Waals surface area contributed by atoms with Crippen LogP contribution in [0.15, 0.2) is 94.7 Å². The quantitative estimate of drug-likeness (QED) is 0.401. The molecule has 1 aromatic heterocycles. The Hall–Kier alpha value is -3.31. The van der Waals surface area contributed by atoms with E-state index in [1.54, 1.807) is 16.4 Å². The van der Waals surface area contributed by atoms with E-state index in [0.717, 1.165) is 28.3 Å². The largest absolute Gasteiger partial charge is 0.339 e. The second kappa shape index (κ2) is 7.84. The zero-order valence-corrected chi connectivity index (χ0v) is 17.5. The van der Waals surface area contributed by atoms with E-state index in [2.05, 4.69) is 46.4 Å². The predicted octanol–water partition coefficient (Wildman–Crippen LogP) is 6.19. The van der Waals surface area contributed by atoms with Crippen LogP contribution in [0.4, 0.5) is 11.4 Å². The second-order valence-electron chi connectivity index (χ2n) is 7.28. The van der Waals surface area contributed by atoms with Gasteiger partial charge in [-0.05, 0) is 37.3 Å². The number of aryl methyl sites for hydroxylation is 1. The van der Waals surface area contributed by atoms with Crippen molar-refractivity contribution in [3.8, 4) is 11.3 Å². The summed E-state index contributed by atoms with van der Waals surface area (Å²) in [4.78, 5) is 17.9. The monoisotopic (exact) mass is 411 g/mol. The highest BCUT2D eigenvalue weighted by molar-refractivity contribution is 7.99. The fourth-order valence-corrected chi connectivity index (χ4v) is 4.94. The van der Waals surface area contributed by atoms with Crippen LogP contribution in [0.5, 0.6) is 0 Å². The third kappa shape index (κ3) is 3.42. The van der Waals surface area contributed by atoms with Gasteiger partial charge < -0.3 is 4.90 Å². The van der Waals surface area contributed by atoms with Crippen molar-refractivity contribution in [1.82, 2.24) is 9.78 Å². The zero-order valence-electron chi connectivity index (χ0n) is 16.7. The minimum absolute atomic E-state index is 0.00450. The Bertz CT molecular complexity index is 1170. The number of para-hydroxylation sites is 2. The van der Waals surface area contributed by atoms with Gasteiger partial charge in [0.1, 0.15) is 0 Å². The highest BCUT2D eigenvalue weighted by Gasteiger charge is 2.24. The lowest BCUT2D eigenvalue weighted by Gasteiger charge is -2.32. The van der Waals surface area contributed by atoms with Gasteiger partial charge in [0.15, 0.2) is 0 Å². The molecule has 4 aromatic rings. The molecular weight excluding hydrogens is 390 g/mol. The van der Waals surface area contributed by atoms with Crippen LogP contribution in [-0.2, 0) is 0 Å². The van der Waals surface area contributed by atoms with Crippen molar-refractivity contribution >= 4 is 29.0 Å². The number of carbonyl (C=O) groups excluding carboxylic acids is 1. The Balaban J connectivity index is 1.44. The maximum Gasteiger partial charge on any atom is 0.249 e. The van der Waals surface area contributed by atoms with Gasteiger partial charge in [0.05, 0.1) is 22.8 Å². The standard InChI is InChI=1S/C25H21N3OS/c1-18-17-22(19-9-3-2-4-10-19)28(26-18)25(29)15-16-27-20-11-5-7-13-23(20)30-24-14-8-6-12-21(24)27/h2-14,17H,15-16H2,1H3. The molecule has 0 fully saturated rings. The molecule has 1 aliphatic rings. The molecule has 0 saturated heterocycles. The topological polar surface area (TPSA) is 38.1 Å². The maximum absolute atomic E-state index is 13.2. The Kier molecular flexibility index (Phi) is 4.89. The highest BCUT2D eigenvalue weighted by atomic mass is 32.2. The van der Waals surface area contributed by atoms with Crippen LogP contribution in [0.3, 0.4) is 0 Å². The van der Waals surface area contributed by atoms with Crippen LogP contribution in [0, 0.1) is 6.92 Å². The molecule has 2 heterocycles. The molecule has 148 valence electrons. The fourth-order valence-electron chi connectivity index (χ4n) is 3.84. The molecule has 30 heavy (non-hydrogen) atoms. The molecular formula is C25H21N3OS. The summed E-state index contributed by atoms with van der Waals surface area (Å²) < 4.78 is 1.56. The van der Waals surface area contributed by atoms with Crippen LogP contribution in [0.1, 0.15) is 16.9 Å². The van der Waals surface area contributed by atoms with Crippen molar-refractivity contribution < 1.29 is 4.79 Å². The van der Waals surface area contributed by atoms with Gasteiger partial charge in [-0.3, -0.25) is 4.79 Å². The van der Waals surface area contributed by atoms with Gasteiger partial charge >= 0.3 is 0 Å². The average molecular weight is 412 g/mol. The van der Waals surface area contributed by atoms with Gasteiger partial charge in [-0.2, -0.15) is 9.78 Å². The van der Waals surface area contributed by atoms with Gasteiger partial charge in [0.25, 0.3) is 0 Å². The van der Waals surface area contributed by atoms with Crippen molar-refractivity contribution in [3.05, 3.63) is 90.6 Å². The van der Waals surface area contributed by atoms with Crippen molar-refractivity contribution in [2.75, 3.05) is 11.4 Å². The first-order valence-electron chi connectivity index (χ1n) is 9.99. The van der Waals surface area contributed by atoms with E-state index in [1.165, 1.54) is 9.79 Å². The number of anilines is 2. The van der Waals surface area contributed by atoms with Gasteiger partial charge in [-0.1, -0.05) is 66.4 Å². The lowest BCUT2D eigenvalue weighted by Crippen LogP contribution is -2.26. The van der Waals surface area contributed by atoms with Crippen LogP contribution in [0.2, 0.25) is 0 Å². The van der Waals surface area contributed by atoms with Crippen LogP contribution >= 0.6 is 11.8 Å². The van der Waals surface area contributed by atoms with Gasteiger partial charge in [-0.25, -0.2) is 0 Å². The van der Waals surface area contributed by atoms with Crippen LogP contribution in [0.25, 0.3) is 11.3 Å². The molecule has 0 radical (unpaired) electrons. The molecule has 0 atom stereocenters. The number of carbonyl (C=O) groups is 1. The summed E-state index contributed by atoms with van der Waals surface area (Å²) >= 11 is 1.78. The van der Waals surface area contributed by atoms with Crippen molar-refractivity contribution in [3.63, 3.8) is 0 Å². The number of aromatic nitrogens is 2. The Labute approximate surface area is 180 Å². The summed E-state index contributed by atoms with van der Waals surface area (Å²) in [7, 11) is 0. The number of hydrogen-bond donors (Lipinski definition) is 0. The van der Waals surface area contributed by atoms with Gasteiger partial charge in [0, 0.05) is 28.3 Å². The molecule has 0 saturated carbocycles. The summed E-state index contributed by atoms with van der Waals surface area (Å²) in [6, 6.07) is 28.6. The van der Waals surface area contributed by atoms with Crippen LogP contribution in [-0.4, -0.2) is 22.2 Å². The molecule has 0 aliphatic carbocycles. The van der Waals surface area contributed by atoms with E-state index in [1.807, 2.05) is 55.5 Å². The molecule has 4 nitrogen and oxygen atoms in total. The van der Waals surface area contributed by atoms with Gasteiger partial charge in [0.2, 0.25) is 5.91 Å². The van der Waals surface area contributed by atoms with E-state index in [4.69, 9.17) is 0 Å². The number of hydrogen-bond acceptors (Lipinski definition) is 4. The summed E-state index contributed by atoms with van der Waals surface area (Å²) in [5.74, 6) is -0.00450. The van der Waals surface area contributed by atoms with E-state index < -0.39 is 0 Å². The first-order chi connectivity index (χ1) is 14.7. The lowest BCUT2D eigenvalue weighted by molar-refractivity contribution is 0.0891. The molecule has 5 rings (SSSR count). The first kappa shape index (κ1) is 18.7. The molecule has 3 aromatic carbocycles. The van der Waals surface area contributed by atoms with Crippen molar-refractivity contribution in [2.45, 2.75) is 23.1 Å². The minimum Gasteiger partial charge on any atom is -0.339 e. The SMILES string of the molecule is Cc1cc(-c2ccccc2)n(C(=O)CCN2c3ccccc3Sc3ccccc32)n1. The summed E-state index contributed by atoms with van der Waals surface area (Å²) in [6.07, 6.45) is 0.369. The third-order valence-electron chi connectivity index (χ3n) is 5.22. The van der Waals surface area contributed by atoms with E-state index in [0.29, 0.717) is 13.0 Å². The van der Waals surface area contributed by atoms with Gasteiger partial charge in [-0.15, -0.1) is 0 Å². The molecule has 0 amide bonds. The third-order valence-corrected chi connectivity index (χ3v) is 6.35. The van der Waals surface area contributed by atoms with Crippen LogP contribution < -0.4 is 4.90 Å². The predicted molar refractivity (Wildman–Crippen MR) is 122 cm³/mol. The molecule has 5 heteroatoms. The average Bonchev–Trinajstić information content (AvgIpc) is 3.19. The summed E-state index contributed by atoms with van der Waals surface area (Å²) in [6.45, 7) is 2.52. The minimum atomic E-state index is -0.00450. The van der Waals surface area contributed by atoms with E-state index >= 15 is 0 Å². The van der Waals surface area contributed by atoms with Crippen molar-refractivity contribution in [1.29, 1.82) is 0 Å². The highest BCUT2D eigenvalue weighted by Crippen LogP contribution is 2.47. The Morgan fingerprint density at radius 3 is 2.13 bits per heavy atom. The smallest absolute Gasteiger partial charge is 0.249 e. The fraction of sp³-hybridized carbons (Fsp3) is 0.120. The zero-order chi connectivity index (χ0) is 20.5. The molecule has 0 N–H and O–H groups in total. The number of rotatable bonds is 4. The summed E-state index contributed by atoms with van der Waals surface area (Å²) in [5.41, 5.74) is 4.97. The number of benzene rings is 3. The lowest BCUT2D eigenvalue weighted by atomic mass is 10.1. The van der Waals surface area contributed by atoms with E-state index in [-0.39, 0.29) is 5.91 Å². The Morgan fingerprint density at radius 2 is 1.47 bits per heavy atom. The normalized spacial score (nSPS) is 12.4. The van der Waals surface area contributed by atoms with E-state index in [9.17, 15) is 4.79 Å². The molecule has 0 spiro atoms. The molecule has 1 aliphatic heterocycles. The number of fused-ring (bicyclic) bond motifs is 2. The van der Waals surface area contributed by atoms with Crippen molar-refractivity contribution in [2.24, 2.45) is 0 Å². The second-order valence-corrected chi connectivity index (χ2v) is 8.37. The molecule has 0 bridgehead atoms. The summed E-state index contributed by atoms with van der Waals surface area (Å²) in [5, 5.41) is 4.48. The molecule has 0 unspecified atom stereocenters. The number of nitrogens with zero attached hydrogens (tertiary/aromatic N) is 3. The first-order valence-corrected chi connectivity index (χ1v) is 10.8. The maximum atomic E-state index is 13.2.